The molecule has 2 atom stereocenters. The zero-order valence-corrected chi connectivity index (χ0v) is 38.5. The molecule has 0 radical (unpaired) electrons. The summed E-state index contributed by atoms with van der Waals surface area (Å²) >= 11 is 0. The van der Waals surface area contributed by atoms with E-state index in [1.807, 2.05) is 0 Å². The lowest BCUT2D eigenvalue weighted by Gasteiger charge is -2.22. The van der Waals surface area contributed by atoms with Gasteiger partial charge in [0.15, 0.2) is 0 Å². The van der Waals surface area contributed by atoms with E-state index in [0.29, 0.717) is 12.8 Å². The summed E-state index contributed by atoms with van der Waals surface area (Å²) in [6.45, 7) is 4.23. The molecular formula is C55H93NO3. The average molecular weight is 816 g/mol. The fourth-order valence-corrected chi connectivity index (χ4v) is 6.82. The highest BCUT2D eigenvalue weighted by Crippen LogP contribution is 2.15. The van der Waals surface area contributed by atoms with E-state index in [4.69, 9.17) is 0 Å². The lowest BCUT2D eigenvalue weighted by Crippen LogP contribution is -2.45. The highest BCUT2D eigenvalue weighted by Gasteiger charge is 2.20. The molecule has 0 aliphatic rings. The third-order valence-electron chi connectivity index (χ3n) is 10.5. The molecule has 3 N–H and O–H groups in total. The molecule has 1 amide bonds. The maximum Gasteiger partial charge on any atom is 0.220 e. The molecule has 0 aliphatic carbocycles. The first-order valence-corrected chi connectivity index (χ1v) is 24.6. The van der Waals surface area contributed by atoms with Crippen molar-refractivity contribution in [1.29, 1.82) is 0 Å². The van der Waals surface area contributed by atoms with Crippen LogP contribution in [0.1, 0.15) is 213 Å². The van der Waals surface area contributed by atoms with Crippen molar-refractivity contribution in [2.75, 3.05) is 6.61 Å². The third kappa shape index (κ3) is 46.0. The molecule has 0 heterocycles. The zero-order valence-electron chi connectivity index (χ0n) is 38.5. The molecule has 0 fully saturated rings. The summed E-state index contributed by atoms with van der Waals surface area (Å²) in [6, 6.07) is -0.554. The van der Waals surface area contributed by atoms with Crippen LogP contribution < -0.4 is 5.32 Å². The minimum absolute atomic E-state index is 0.0552. The van der Waals surface area contributed by atoms with E-state index in [-0.39, 0.29) is 12.5 Å². The molecule has 4 heteroatoms. The van der Waals surface area contributed by atoms with Gasteiger partial charge in [-0.25, -0.2) is 0 Å². The molecule has 0 aromatic carbocycles. The molecule has 336 valence electrons. The van der Waals surface area contributed by atoms with Crippen LogP contribution in [0.5, 0.6) is 0 Å². The summed E-state index contributed by atoms with van der Waals surface area (Å²) in [4.78, 5) is 12.4. The number of carbonyl (C=O) groups excluding carboxylic acids is 1. The minimum Gasteiger partial charge on any atom is -0.394 e. The first-order valence-electron chi connectivity index (χ1n) is 24.6. The molecule has 0 aromatic rings. The average Bonchev–Trinajstić information content (AvgIpc) is 3.24. The number of hydrogen-bond donors (Lipinski definition) is 3. The second-order valence-corrected chi connectivity index (χ2v) is 16.2. The minimum atomic E-state index is -0.675. The van der Waals surface area contributed by atoms with Gasteiger partial charge in [0.05, 0.1) is 18.8 Å². The number of allylic oxidation sites excluding steroid dienone is 18. The van der Waals surface area contributed by atoms with E-state index in [2.05, 4.69) is 129 Å². The number of carbonyl (C=O) groups is 1. The lowest BCUT2D eigenvalue weighted by atomic mass is 10.0. The Morgan fingerprint density at radius 2 is 0.746 bits per heavy atom. The van der Waals surface area contributed by atoms with Gasteiger partial charge in [-0.3, -0.25) is 4.79 Å². The molecule has 0 aromatic heterocycles. The van der Waals surface area contributed by atoms with E-state index < -0.39 is 12.1 Å². The van der Waals surface area contributed by atoms with Crippen LogP contribution in [0.2, 0.25) is 0 Å². The van der Waals surface area contributed by atoms with Crippen molar-refractivity contribution >= 4 is 5.91 Å². The Balaban J connectivity index is 3.66. The maximum absolute atomic E-state index is 12.4. The maximum atomic E-state index is 12.4. The van der Waals surface area contributed by atoms with Gasteiger partial charge in [-0.05, 0) is 83.5 Å². The molecule has 0 rings (SSSR count). The Morgan fingerprint density at radius 3 is 1.12 bits per heavy atom. The van der Waals surface area contributed by atoms with Crippen LogP contribution >= 0.6 is 0 Å². The van der Waals surface area contributed by atoms with Gasteiger partial charge in [0.25, 0.3) is 0 Å². The molecule has 59 heavy (non-hydrogen) atoms. The van der Waals surface area contributed by atoms with Gasteiger partial charge in [0.1, 0.15) is 0 Å². The highest BCUT2D eigenvalue weighted by atomic mass is 16.3. The van der Waals surface area contributed by atoms with E-state index in [0.717, 1.165) is 96.3 Å². The number of nitrogens with one attached hydrogen (secondary N) is 1. The van der Waals surface area contributed by atoms with Crippen LogP contribution in [-0.2, 0) is 4.79 Å². The first-order chi connectivity index (χ1) is 29.2. The van der Waals surface area contributed by atoms with Gasteiger partial charge in [0.2, 0.25) is 5.91 Å². The number of rotatable bonds is 43. The van der Waals surface area contributed by atoms with E-state index >= 15 is 0 Å². The van der Waals surface area contributed by atoms with Gasteiger partial charge < -0.3 is 15.5 Å². The number of amides is 1. The Morgan fingerprint density at radius 1 is 0.424 bits per heavy atom. The Kier molecular flexibility index (Phi) is 46.9. The molecule has 4 nitrogen and oxygen atoms in total. The van der Waals surface area contributed by atoms with E-state index in [9.17, 15) is 15.0 Å². The van der Waals surface area contributed by atoms with Gasteiger partial charge in [-0.2, -0.15) is 0 Å². The van der Waals surface area contributed by atoms with Crippen LogP contribution in [0, 0.1) is 0 Å². The number of aliphatic hydroxyl groups is 2. The second-order valence-electron chi connectivity index (χ2n) is 16.2. The summed E-state index contributed by atoms with van der Waals surface area (Å²) < 4.78 is 0. The van der Waals surface area contributed by atoms with Crippen molar-refractivity contribution in [1.82, 2.24) is 5.32 Å². The molecule has 0 aliphatic heterocycles. The largest absolute Gasteiger partial charge is 0.394 e. The molecule has 0 bridgehead atoms. The quantitative estimate of drug-likeness (QED) is 0.0424. The zero-order chi connectivity index (χ0) is 42.8. The van der Waals surface area contributed by atoms with Gasteiger partial charge in [-0.15, -0.1) is 0 Å². The Bertz CT molecular complexity index is 1150. The van der Waals surface area contributed by atoms with Crippen molar-refractivity contribution in [2.24, 2.45) is 0 Å². The second kappa shape index (κ2) is 49.4. The van der Waals surface area contributed by atoms with Crippen molar-refractivity contribution in [3.8, 4) is 0 Å². The van der Waals surface area contributed by atoms with E-state index in [1.165, 1.54) is 89.9 Å². The van der Waals surface area contributed by atoms with E-state index in [1.54, 1.807) is 0 Å². The van der Waals surface area contributed by atoms with Crippen LogP contribution in [0.3, 0.4) is 0 Å². The van der Waals surface area contributed by atoms with Crippen molar-refractivity contribution in [3.63, 3.8) is 0 Å². The predicted molar refractivity (Wildman–Crippen MR) is 262 cm³/mol. The summed E-state index contributed by atoms with van der Waals surface area (Å²) in [5, 5.41) is 23.2. The third-order valence-corrected chi connectivity index (χ3v) is 10.5. The molecule has 0 saturated carbocycles. The molecule has 0 spiro atoms. The Hall–Kier alpha value is -2.95. The first kappa shape index (κ1) is 56.0. The van der Waals surface area contributed by atoms with Gasteiger partial charge >= 0.3 is 0 Å². The normalized spacial score (nSPS) is 13.9. The number of unbranched alkanes of at least 4 members (excludes halogenated alkanes) is 18. The van der Waals surface area contributed by atoms with Crippen LogP contribution in [0.4, 0.5) is 0 Å². The Labute approximate surface area is 366 Å². The lowest BCUT2D eigenvalue weighted by molar-refractivity contribution is -0.123. The van der Waals surface area contributed by atoms with Crippen LogP contribution in [0.25, 0.3) is 0 Å². The van der Waals surface area contributed by atoms with Crippen molar-refractivity contribution in [2.45, 2.75) is 225 Å². The summed E-state index contributed by atoms with van der Waals surface area (Å²) in [7, 11) is 0. The van der Waals surface area contributed by atoms with Crippen molar-refractivity contribution < 1.29 is 15.0 Å². The summed E-state index contributed by atoms with van der Waals surface area (Å²) in [6.07, 6.45) is 74.6. The van der Waals surface area contributed by atoms with Crippen LogP contribution in [0.15, 0.2) is 109 Å². The number of aliphatic hydroxyl groups excluding tert-OH is 2. The van der Waals surface area contributed by atoms with Crippen molar-refractivity contribution in [3.05, 3.63) is 109 Å². The van der Waals surface area contributed by atoms with Gasteiger partial charge in [-0.1, -0.05) is 232 Å². The SMILES string of the molecule is CC/C=C\C/C=C\C/C=C\C/C=C\C/C=C\C/C=C\C/C=C\C/C=C\C/C=C\CCCCCCCC(=O)NC(CO)C(O)CCCCCCCCCCCCCCCC. The number of hydrogen-bond acceptors (Lipinski definition) is 3. The molecular weight excluding hydrogens is 723 g/mol. The predicted octanol–water partition coefficient (Wildman–Crippen LogP) is 16.0. The topological polar surface area (TPSA) is 69.6 Å². The summed E-state index contributed by atoms with van der Waals surface area (Å²) in [5.41, 5.74) is 0. The smallest absolute Gasteiger partial charge is 0.220 e. The molecule has 2 unspecified atom stereocenters. The summed E-state index contributed by atoms with van der Waals surface area (Å²) in [5.74, 6) is -0.0552. The standard InChI is InChI=1S/C55H93NO3/c1-3-5-7-9-11-13-15-17-19-20-21-22-23-24-25-26-27-28-29-30-31-32-33-34-35-36-37-39-41-43-45-47-49-51-55(59)56-53(52-57)54(58)50-48-46-44-42-40-38-18-16-14-12-10-8-6-4-2/h5,7,11,13,17,19,21-22,24-25,27-28,30-31,33-34,36-37,53-54,57-58H,3-4,6,8-10,12,14-16,18,20,23,26,29,32,35,38-52H2,1-2H3,(H,56,59)/b7-5-,13-11-,19-17-,22-21-,25-24-,28-27-,31-30-,34-33-,37-36-. The fraction of sp³-hybridized carbons (Fsp3) is 0.655. The van der Waals surface area contributed by atoms with Crippen LogP contribution in [-0.4, -0.2) is 34.9 Å². The fourth-order valence-electron chi connectivity index (χ4n) is 6.82. The van der Waals surface area contributed by atoms with Gasteiger partial charge in [0, 0.05) is 6.42 Å². The molecule has 0 saturated heterocycles. The highest BCUT2D eigenvalue weighted by molar-refractivity contribution is 5.76. The monoisotopic (exact) mass is 816 g/mol.